The van der Waals surface area contributed by atoms with Crippen molar-refractivity contribution >= 4 is 31.6 Å². The molecule has 2 aromatic rings. The van der Waals surface area contributed by atoms with Gasteiger partial charge in [-0.2, -0.15) is 8.61 Å². The van der Waals surface area contributed by atoms with Crippen molar-refractivity contribution in [1.29, 1.82) is 0 Å². The molecule has 0 bridgehead atoms. The lowest BCUT2D eigenvalue weighted by Gasteiger charge is -2.30. The maximum absolute atomic E-state index is 13.5. The van der Waals surface area contributed by atoms with Crippen molar-refractivity contribution in [3.8, 4) is 0 Å². The Morgan fingerprint density at radius 2 is 1.68 bits per heavy atom. The number of benzene rings is 2. The molecule has 10 heteroatoms. The molecule has 1 unspecified atom stereocenters. The van der Waals surface area contributed by atoms with Crippen LogP contribution in [0.2, 0.25) is 5.02 Å². The van der Waals surface area contributed by atoms with E-state index in [2.05, 4.69) is 0 Å². The van der Waals surface area contributed by atoms with Crippen molar-refractivity contribution in [3.63, 3.8) is 0 Å². The summed E-state index contributed by atoms with van der Waals surface area (Å²) in [6.07, 6.45) is 2.38. The number of rotatable bonds is 11. The van der Waals surface area contributed by atoms with E-state index in [0.717, 1.165) is 18.4 Å². The second-order valence-electron chi connectivity index (χ2n) is 8.60. The van der Waals surface area contributed by atoms with Gasteiger partial charge in [0.05, 0.1) is 9.79 Å². The van der Waals surface area contributed by atoms with Gasteiger partial charge in [-0.25, -0.2) is 16.8 Å². The first-order chi connectivity index (χ1) is 16.1. The van der Waals surface area contributed by atoms with Crippen LogP contribution in [0.25, 0.3) is 0 Å². The predicted molar refractivity (Wildman–Crippen MR) is 134 cm³/mol. The minimum atomic E-state index is -3.86. The molecule has 1 atom stereocenters. The molecule has 3 rings (SSSR count). The third-order valence-corrected chi connectivity index (χ3v) is 9.88. The summed E-state index contributed by atoms with van der Waals surface area (Å²) in [5, 5.41) is 0.578. The average molecular weight is 529 g/mol. The highest BCUT2D eigenvalue weighted by atomic mass is 35.5. The van der Waals surface area contributed by atoms with Crippen LogP contribution in [0.15, 0.2) is 58.3 Å². The summed E-state index contributed by atoms with van der Waals surface area (Å²) in [5.41, 5.74) is 0.808. The topological polar surface area (TPSA) is 84.0 Å². The third kappa shape index (κ3) is 6.80. The second-order valence-corrected chi connectivity index (χ2v) is 12.9. The number of nitrogens with zero attached hydrogens (tertiary/aromatic N) is 2. The maximum Gasteiger partial charge on any atom is 0.243 e. The van der Waals surface area contributed by atoms with E-state index in [0.29, 0.717) is 43.7 Å². The predicted octanol–water partition coefficient (Wildman–Crippen LogP) is 4.38. The Kier molecular flexibility index (Phi) is 9.54. The molecule has 2 aromatic carbocycles. The fraction of sp³-hybridized carbons (Fsp3) is 0.500. The van der Waals surface area contributed by atoms with Crippen LogP contribution in [0.5, 0.6) is 0 Å². The van der Waals surface area contributed by atoms with E-state index in [1.54, 1.807) is 24.3 Å². The van der Waals surface area contributed by atoms with E-state index in [-0.39, 0.29) is 22.9 Å². The minimum Gasteiger partial charge on any atom is -0.382 e. The Labute approximate surface area is 208 Å². The molecule has 0 saturated carbocycles. The van der Waals surface area contributed by atoms with E-state index in [9.17, 15) is 16.8 Å². The first kappa shape index (κ1) is 27.1. The van der Waals surface area contributed by atoms with Crippen molar-refractivity contribution < 1.29 is 21.6 Å². The van der Waals surface area contributed by atoms with Crippen molar-refractivity contribution in [2.45, 2.75) is 49.4 Å². The molecule has 1 aliphatic heterocycles. The van der Waals surface area contributed by atoms with Crippen molar-refractivity contribution in [1.82, 2.24) is 8.61 Å². The van der Waals surface area contributed by atoms with Gasteiger partial charge in [0.25, 0.3) is 0 Å². The summed E-state index contributed by atoms with van der Waals surface area (Å²) in [6.45, 7) is 6.37. The van der Waals surface area contributed by atoms with Crippen LogP contribution in [0.4, 0.5) is 0 Å². The van der Waals surface area contributed by atoms with E-state index >= 15 is 0 Å². The van der Waals surface area contributed by atoms with Gasteiger partial charge in [0.1, 0.15) is 0 Å². The zero-order chi connectivity index (χ0) is 24.8. The van der Waals surface area contributed by atoms with E-state index in [4.69, 9.17) is 16.3 Å². The van der Waals surface area contributed by atoms with E-state index in [1.807, 2.05) is 13.8 Å². The molecule has 0 amide bonds. The van der Waals surface area contributed by atoms with Gasteiger partial charge >= 0.3 is 0 Å². The van der Waals surface area contributed by atoms with Crippen LogP contribution in [0.3, 0.4) is 0 Å². The highest BCUT2D eigenvalue weighted by Crippen LogP contribution is 2.26. The van der Waals surface area contributed by atoms with Gasteiger partial charge in [-0.3, -0.25) is 0 Å². The summed E-state index contributed by atoms with van der Waals surface area (Å²) in [4.78, 5) is 0.171. The van der Waals surface area contributed by atoms with Crippen LogP contribution >= 0.6 is 11.6 Å². The van der Waals surface area contributed by atoms with Crippen molar-refractivity contribution in [3.05, 3.63) is 59.1 Å². The van der Waals surface area contributed by atoms with Gasteiger partial charge in [0.15, 0.2) is 0 Å². The molecule has 188 valence electrons. The van der Waals surface area contributed by atoms with Crippen LogP contribution < -0.4 is 0 Å². The Morgan fingerprint density at radius 1 is 1.03 bits per heavy atom. The van der Waals surface area contributed by atoms with Crippen LogP contribution in [-0.4, -0.2) is 58.3 Å². The average Bonchev–Trinajstić information content (AvgIpc) is 2.82. The molecule has 1 fully saturated rings. The number of hydrogen-bond donors (Lipinski definition) is 0. The molecule has 0 N–H and O–H groups in total. The van der Waals surface area contributed by atoms with Gasteiger partial charge in [-0.15, -0.1) is 0 Å². The lowest BCUT2D eigenvalue weighted by Crippen LogP contribution is -2.39. The van der Waals surface area contributed by atoms with Crippen LogP contribution in [0, 0.1) is 5.92 Å². The van der Waals surface area contributed by atoms with E-state index in [1.165, 1.54) is 32.9 Å². The SMILES string of the molecule is CCOCCCN(Cc1ccc(Cl)cc1)S(=O)(=O)c1ccc(S(=O)(=O)N2CCCC(C)C2)cc1. The highest BCUT2D eigenvalue weighted by molar-refractivity contribution is 7.89. The summed E-state index contributed by atoms with van der Waals surface area (Å²) < 4.78 is 61.3. The number of piperidine rings is 1. The van der Waals surface area contributed by atoms with Gasteiger partial charge in [0.2, 0.25) is 20.0 Å². The molecule has 34 heavy (non-hydrogen) atoms. The quantitative estimate of drug-likeness (QED) is 0.404. The molecule has 0 aliphatic carbocycles. The number of hydrogen-bond acceptors (Lipinski definition) is 5. The molecule has 1 saturated heterocycles. The number of halogens is 1. The van der Waals surface area contributed by atoms with Crippen LogP contribution in [-0.2, 0) is 31.3 Å². The first-order valence-corrected chi connectivity index (χ1v) is 14.8. The first-order valence-electron chi connectivity index (χ1n) is 11.6. The van der Waals surface area contributed by atoms with Gasteiger partial charge in [0, 0.05) is 44.4 Å². The van der Waals surface area contributed by atoms with Gasteiger partial charge < -0.3 is 4.74 Å². The molecular formula is C24H33ClN2O5S2. The van der Waals surface area contributed by atoms with Crippen molar-refractivity contribution in [2.75, 3.05) is 32.8 Å². The smallest absolute Gasteiger partial charge is 0.243 e. The van der Waals surface area contributed by atoms with Gasteiger partial charge in [-0.1, -0.05) is 30.7 Å². The summed E-state index contributed by atoms with van der Waals surface area (Å²) in [6, 6.07) is 12.6. The van der Waals surface area contributed by atoms with E-state index < -0.39 is 20.0 Å². The lowest BCUT2D eigenvalue weighted by molar-refractivity contribution is 0.140. The molecule has 0 aromatic heterocycles. The van der Waals surface area contributed by atoms with Gasteiger partial charge in [-0.05, 0) is 74.1 Å². The third-order valence-electron chi connectivity index (χ3n) is 5.89. The van der Waals surface area contributed by atoms with Crippen LogP contribution in [0.1, 0.15) is 38.7 Å². The molecule has 0 spiro atoms. The Bertz CT molecular complexity index is 1140. The number of ether oxygens (including phenoxy) is 1. The lowest BCUT2D eigenvalue weighted by atomic mass is 10.0. The Balaban J connectivity index is 1.82. The highest BCUT2D eigenvalue weighted by Gasteiger charge is 2.30. The largest absolute Gasteiger partial charge is 0.382 e. The maximum atomic E-state index is 13.5. The number of sulfonamides is 2. The molecule has 1 aliphatic rings. The Morgan fingerprint density at radius 3 is 2.29 bits per heavy atom. The van der Waals surface area contributed by atoms with Crippen molar-refractivity contribution in [2.24, 2.45) is 5.92 Å². The monoisotopic (exact) mass is 528 g/mol. The molecular weight excluding hydrogens is 496 g/mol. The summed E-state index contributed by atoms with van der Waals surface area (Å²) >= 11 is 5.97. The summed E-state index contributed by atoms with van der Waals surface area (Å²) in [7, 11) is -7.51. The zero-order valence-corrected chi connectivity index (χ0v) is 22.1. The second kappa shape index (κ2) is 12.0. The standard InChI is InChI=1S/C24H33ClN2O5S2/c1-3-32-17-5-16-27(19-21-7-9-22(25)10-8-21)34(30,31)24-13-11-23(12-14-24)33(28,29)26-15-4-6-20(2)18-26/h7-14,20H,3-6,15-19H2,1-2H3. The zero-order valence-electron chi connectivity index (χ0n) is 19.7. The Hall–Kier alpha value is -1.49. The minimum absolute atomic E-state index is 0.0591. The molecule has 7 nitrogen and oxygen atoms in total. The molecule has 0 radical (unpaired) electrons. The fourth-order valence-corrected chi connectivity index (χ4v) is 7.20. The fourth-order valence-electron chi connectivity index (χ4n) is 4.01. The normalized spacial score (nSPS) is 17.8. The summed E-state index contributed by atoms with van der Waals surface area (Å²) in [5.74, 6) is 0.307. The molecule has 1 heterocycles.